The number of hydrogen-bond acceptors (Lipinski definition) is 6. The molecule has 0 spiro atoms. The van der Waals surface area contributed by atoms with Crippen molar-refractivity contribution in [3.05, 3.63) is 66.1 Å². The molecular formula is C23H26N4O4S. The van der Waals surface area contributed by atoms with Crippen LogP contribution in [0, 0.1) is 12.8 Å². The maximum absolute atomic E-state index is 13.0. The number of nitrogens with zero attached hydrogens (tertiary/aromatic N) is 4. The number of aromatic nitrogens is 2. The van der Waals surface area contributed by atoms with Gasteiger partial charge < -0.3 is 9.42 Å². The van der Waals surface area contributed by atoms with Gasteiger partial charge in [-0.25, -0.2) is 8.42 Å². The highest BCUT2D eigenvalue weighted by molar-refractivity contribution is 7.89. The van der Waals surface area contributed by atoms with Crippen LogP contribution in [0.25, 0.3) is 11.4 Å². The number of carbonyl (C=O) groups is 1. The number of piperidine rings is 1. The predicted molar refractivity (Wildman–Crippen MR) is 119 cm³/mol. The number of aryl methyl sites for hydroxylation is 1. The summed E-state index contributed by atoms with van der Waals surface area (Å²) >= 11 is 0. The summed E-state index contributed by atoms with van der Waals surface area (Å²) in [5.41, 5.74) is 1.83. The molecule has 1 aromatic heterocycles. The average Bonchev–Trinajstić information content (AvgIpc) is 3.28. The number of sulfonamides is 1. The van der Waals surface area contributed by atoms with E-state index in [1.54, 1.807) is 31.3 Å². The van der Waals surface area contributed by atoms with Crippen molar-refractivity contribution >= 4 is 15.9 Å². The summed E-state index contributed by atoms with van der Waals surface area (Å²) in [6.45, 7) is 2.65. The van der Waals surface area contributed by atoms with Crippen molar-refractivity contribution < 1.29 is 17.7 Å². The van der Waals surface area contributed by atoms with Gasteiger partial charge >= 0.3 is 0 Å². The van der Waals surface area contributed by atoms with Crippen molar-refractivity contribution in [1.29, 1.82) is 0 Å². The van der Waals surface area contributed by atoms with E-state index in [0.29, 0.717) is 31.1 Å². The first-order chi connectivity index (χ1) is 15.3. The molecule has 8 nitrogen and oxygen atoms in total. The van der Waals surface area contributed by atoms with Crippen LogP contribution in [-0.4, -0.2) is 53.8 Å². The molecule has 32 heavy (non-hydrogen) atoms. The van der Waals surface area contributed by atoms with Crippen molar-refractivity contribution in [2.45, 2.75) is 31.2 Å². The van der Waals surface area contributed by atoms with Gasteiger partial charge in [-0.1, -0.05) is 53.2 Å². The SMILES string of the molecule is Cc1ccc(S(=O)(=O)N2CCC[C@H](C(=O)N(C)Cc3nc(-c4ccccc4)no3)C2)cc1. The minimum absolute atomic E-state index is 0.131. The zero-order valence-electron chi connectivity index (χ0n) is 18.1. The maximum atomic E-state index is 13.0. The third-order valence-electron chi connectivity index (χ3n) is 5.64. The zero-order valence-corrected chi connectivity index (χ0v) is 19.0. The molecule has 9 heteroatoms. The van der Waals surface area contributed by atoms with Gasteiger partial charge in [-0.3, -0.25) is 4.79 Å². The van der Waals surface area contributed by atoms with Gasteiger partial charge in [-0.05, 0) is 31.9 Å². The Labute approximate surface area is 187 Å². The molecule has 1 atom stereocenters. The first kappa shape index (κ1) is 22.2. The molecule has 1 amide bonds. The lowest BCUT2D eigenvalue weighted by atomic mass is 9.98. The van der Waals surface area contributed by atoms with Crippen molar-refractivity contribution in [3.8, 4) is 11.4 Å². The largest absolute Gasteiger partial charge is 0.337 e. The van der Waals surface area contributed by atoms with Crippen LogP contribution in [0.5, 0.6) is 0 Å². The highest BCUT2D eigenvalue weighted by Crippen LogP contribution is 2.25. The van der Waals surface area contributed by atoms with Crippen LogP contribution >= 0.6 is 0 Å². The standard InChI is InChI=1S/C23H26N4O4S/c1-17-10-12-20(13-11-17)32(29,30)27-14-6-9-19(15-27)23(28)26(2)16-21-24-22(25-31-21)18-7-4-3-5-8-18/h3-5,7-8,10-13,19H,6,9,14-16H2,1-2H3/t19-/m0/s1. The van der Waals surface area contributed by atoms with Crippen molar-refractivity contribution in [2.24, 2.45) is 5.92 Å². The lowest BCUT2D eigenvalue weighted by Crippen LogP contribution is -2.45. The summed E-state index contributed by atoms with van der Waals surface area (Å²) in [6.07, 6.45) is 1.27. The fourth-order valence-corrected chi connectivity index (χ4v) is 5.36. The fourth-order valence-electron chi connectivity index (χ4n) is 3.84. The lowest BCUT2D eigenvalue weighted by Gasteiger charge is -2.33. The number of rotatable bonds is 6. The molecule has 0 bridgehead atoms. The topological polar surface area (TPSA) is 96.6 Å². The van der Waals surface area contributed by atoms with Gasteiger partial charge in [0, 0.05) is 25.7 Å². The lowest BCUT2D eigenvalue weighted by molar-refractivity contribution is -0.136. The molecule has 3 aromatic rings. The molecule has 1 fully saturated rings. The molecule has 0 N–H and O–H groups in total. The van der Waals surface area contributed by atoms with E-state index in [1.165, 1.54) is 9.21 Å². The van der Waals surface area contributed by atoms with Gasteiger partial charge in [-0.2, -0.15) is 9.29 Å². The van der Waals surface area contributed by atoms with E-state index in [-0.39, 0.29) is 23.9 Å². The number of hydrogen-bond donors (Lipinski definition) is 0. The van der Waals surface area contributed by atoms with Gasteiger partial charge in [0.15, 0.2) is 0 Å². The summed E-state index contributed by atoms with van der Waals surface area (Å²) in [6, 6.07) is 16.2. The molecule has 1 saturated heterocycles. The Morgan fingerprint density at radius 3 is 2.59 bits per heavy atom. The first-order valence-electron chi connectivity index (χ1n) is 10.5. The summed E-state index contributed by atoms with van der Waals surface area (Å²) in [5.74, 6) is 0.257. The Morgan fingerprint density at radius 1 is 1.16 bits per heavy atom. The van der Waals surface area contributed by atoms with Crippen LogP contribution in [0.1, 0.15) is 24.3 Å². The summed E-state index contributed by atoms with van der Waals surface area (Å²) in [7, 11) is -1.97. The summed E-state index contributed by atoms with van der Waals surface area (Å²) in [4.78, 5) is 19.2. The van der Waals surface area contributed by atoms with E-state index in [4.69, 9.17) is 4.52 Å². The van der Waals surface area contributed by atoms with Gasteiger partial charge in [0.1, 0.15) is 0 Å². The second kappa shape index (κ2) is 9.22. The van der Waals surface area contributed by atoms with E-state index in [0.717, 1.165) is 11.1 Å². The molecule has 4 rings (SSSR count). The molecule has 168 valence electrons. The Morgan fingerprint density at radius 2 is 1.88 bits per heavy atom. The molecular weight excluding hydrogens is 428 g/mol. The number of benzene rings is 2. The predicted octanol–water partition coefficient (Wildman–Crippen LogP) is 3.10. The first-order valence-corrected chi connectivity index (χ1v) is 12.0. The molecule has 1 aliphatic heterocycles. The molecule has 1 aliphatic rings. The zero-order chi connectivity index (χ0) is 22.7. The maximum Gasteiger partial charge on any atom is 0.246 e. The fraction of sp³-hybridized carbons (Fsp3) is 0.348. The second-order valence-electron chi connectivity index (χ2n) is 8.09. The normalized spacial score (nSPS) is 17.2. The number of amides is 1. The van der Waals surface area contributed by atoms with Crippen molar-refractivity contribution in [3.63, 3.8) is 0 Å². The molecule has 0 unspecified atom stereocenters. The third-order valence-corrected chi connectivity index (χ3v) is 7.52. The molecule has 0 radical (unpaired) electrons. The van der Waals surface area contributed by atoms with E-state index in [1.807, 2.05) is 37.3 Å². The Kier molecular flexibility index (Phi) is 6.38. The summed E-state index contributed by atoms with van der Waals surface area (Å²) < 4.78 is 32.8. The van der Waals surface area contributed by atoms with Gasteiger partial charge in [0.25, 0.3) is 0 Å². The van der Waals surface area contributed by atoms with Crippen LogP contribution in [0.2, 0.25) is 0 Å². The van der Waals surface area contributed by atoms with E-state index >= 15 is 0 Å². The highest BCUT2D eigenvalue weighted by Gasteiger charge is 2.34. The molecule has 2 heterocycles. The van der Waals surface area contributed by atoms with Gasteiger partial charge in [0.05, 0.1) is 17.4 Å². The highest BCUT2D eigenvalue weighted by atomic mass is 32.2. The average molecular weight is 455 g/mol. The third kappa shape index (κ3) is 4.73. The minimum Gasteiger partial charge on any atom is -0.337 e. The quantitative estimate of drug-likeness (QED) is 0.568. The molecule has 0 aliphatic carbocycles. The van der Waals surface area contributed by atoms with Crippen LogP contribution in [0.3, 0.4) is 0 Å². The van der Waals surface area contributed by atoms with E-state index in [9.17, 15) is 13.2 Å². The van der Waals surface area contributed by atoms with Crippen LogP contribution < -0.4 is 0 Å². The van der Waals surface area contributed by atoms with E-state index < -0.39 is 15.9 Å². The van der Waals surface area contributed by atoms with E-state index in [2.05, 4.69) is 10.1 Å². The van der Waals surface area contributed by atoms with Crippen LogP contribution in [-0.2, 0) is 21.4 Å². The van der Waals surface area contributed by atoms with Crippen LogP contribution in [0.4, 0.5) is 0 Å². The number of carbonyl (C=O) groups excluding carboxylic acids is 1. The second-order valence-corrected chi connectivity index (χ2v) is 10.0. The molecule has 0 saturated carbocycles. The van der Waals surface area contributed by atoms with Crippen molar-refractivity contribution in [1.82, 2.24) is 19.3 Å². The van der Waals surface area contributed by atoms with Gasteiger partial charge in [-0.15, -0.1) is 0 Å². The Bertz CT molecular complexity index is 1180. The summed E-state index contributed by atoms with van der Waals surface area (Å²) in [5, 5.41) is 3.98. The Hall–Kier alpha value is -3.04. The van der Waals surface area contributed by atoms with Gasteiger partial charge in [0.2, 0.25) is 27.6 Å². The van der Waals surface area contributed by atoms with Crippen molar-refractivity contribution in [2.75, 3.05) is 20.1 Å². The smallest absolute Gasteiger partial charge is 0.246 e. The Balaban J connectivity index is 1.41. The monoisotopic (exact) mass is 454 g/mol. The molecule has 2 aromatic carbocycles. The van der Waals surface area contributed by atoms with Crippen LogP contribution in [0.15, 0.2) is 64.0 Å². The minimum atomic E-state index is -3.64.